The molecule has 1 amide bonds. The lowest BCUT2D eigenvalue weighted by molar-refractivity contribution is -0.117. The largest absolute Gasteiger partial charge is 0.503 e. The second-order valence-electron chi connectivity index (χ2n) is 6.81. The van der Waals surface area contributed by atoms with Gasteiger partial charge in [0.15, 0.2) is 16.7 Å². The molecule has 4 aromatic rings. The van der Waals surface area contributed by atoms with Crippen molar-refractivity contribution in [3.05, 3.63) is 93.8 Å². The molecule has 31 heavy (non-hydrogen) atoms. The first-order valence-corrected chi connectivity index (χ1v) is 10.7. The minimum absolute atomic E-state index is 0.00434. The Labute approximate surface area is 187 Å². The molecule has 0 unspecified atom stereocenters. The predicted octanol–water partition coefficient (Wildman–Crippen LogP) is 5.57. The fraction of sp³-hybridized carbons (Fsp3) is 0.0455. The van der Waals surface area contributed by atoms with Gasteiger partial charge in [-0.2, -0.15) is 0 Å². The molecule has 1 atom stereocenters. The average molecular weight is 499 g/mol. The van der Waals surface area contributed by atoms with Gasteiger partial charge >= 0.3 is 0 Å². The van der Waals surface area contributed by atoms with Gasteiger partial charge in [-0.15, -0.1) is 0 Å². The Morgan fingerprint density at radius 1 is 1.19 bits per heavy atom. The molecular formula is C22H12BrFN2O4S. The van der Waals surface area contributed by atoms with E-state index in [2.05, 4.69) is 20.9 Å². The van der Waals surface area contributed by atoms with Crippen LogP contribution in [0.3, 0.4) is 0 Å². The number of ketones is 1. The summed E-state index contributed by atoms with van der Waals surface area (Å²) in [7, 11) is 0. The summed E-state index contributed by atoms with van der Waals surface area (Å²) in [6.45, 7) is 0. The van der Waals surface area contributed by atoms with Gasteiger partial charge < -0.3 is 9.52 Å². The molecule has 3 heterocycles. The van der Waals surface area contributed by atoms with Crippen LogP contribution in [-0.2, 0) is 4.79 Å². The van der Waals surface area contributed by atoms with Gasteiger partial charge in [0.05, 0.1) is 28.1 Å². The van der Waals surface area contributed by atoms with Crippen molar-refractivity contribution >= 4 is 54.3 Å². The molecule has 9 heteroatoms. The van der Waals surface area contributed by atoms with Crippen molar-refractivity contribution in [2.75, 3.05) is 4.90 Å². The van der Waals surface area contributed by atoms with Crippen molar-refractivity contribution < 1.29 is 23.5 Å². The van der Waals surface area contributed by atoms with E-state index in [-0.39, 0.29) is 16.5 Å². The first-order valence-electron chi connectivity index (χ1n) is 9.10. The lowest BCUT2D eigenvalue weighted by Gasteiger charge is -2.24. The number of carbonyl (C=O) groups excluding carboxylic acids is 2. The molecule has 0 saturated carbocycles. The third kappa shape index (κ3) is 3.26. The Kier molecular flexibility index (Phi) is 4.71. The van der Waals surface area contributed by atoms with Crippen molar-refractivity contribution in [2.45, 2.75) is 6.04 Å². The van der Waals surface area contributed by atoms with Gasteiger partial charge in [-0.05, 0) is 48.0 Å². The molecule has 0 spiro atoms. The molecule has 0 aliphatic carbocycles. The molecule has 1 aliphatic heterocycles. The van der Waals surface area contributed by atoms with Crippen molar-refractivity contribution in [1.82, 2.24) is 4.98 Å². The average Bonchev–Trinajstić information content (AvgIpc) is 3.47. The van der Waals surface area contributed by atoms with Gasteiger partial charge in [0.2, 0.25) is 5.78 Å². The summed E-state index contributed by atoms with van der Waals surface area (Å²) < 4.78 is 20.2. The maximum atomic E-state index is 13.7. The zero-order valence-corrected chi connectivity index (χ0v) is 18.0. The number of carbonyl (C=O) groups is 2. The number of aromatic nitrogens is 1. The van der Waals surface area contributed by atoms with E-state index < -0.39 is 29.3 Å². The van der Waals surface area contributed by atoms with Gasteiger partial charge in [0, 0.05) is 4.47 Å². The number of fused-ring (bicyclic) bond motifs is 1. The number of thiazole rings is 1. The Hall–Kier alpha value is -3.30. The molecule has 2 aromatic heterocycles. The summed E-state index contributed by atoms with van der Waals surface area (Å²) in [5.74, 6) is -2.44. The van der Waals surface area contributed by atoms with Gasteiger partial charge in [-0.25, -0.2) is 9.37 Å². The molecule has 0 fully saturated rings. The molecule has 0 bridgehead atoms. The molecule has 6 nitrogen and oxygen atoms in total. The number of furan rings is 1. The maximum absolute atomic E-state index is 13.7. The van der Waals surface area contributed by atoms with Crippen LogP contribution in [0.1, 0.15) is 22.2 Å². The number of aliphatic hydroxyl groups is 1. The van der Waals surface area contributed by atoms with Crippen LogP contribution in [0.15, 0.2) is 81.1 Å². The van der Waals surface area contributed by atoms with Crippen molar-refractivity contribution in [3.8, 4) is 0 Å². The SMILES string of the molecule is O=C(C1=C(O)C(=O)N(c2nc3ccc(F)cc3s2)[C@@H]1c1ccc(Br)cc1)c1ccco1. The number of halogens is 2. The standard InChI is InChI=1S/C22H12BrFN2O4S/c23-12-5-3-11(4-6-12)18-17(19(27)15-2-1-9-30-15)20(28)21(29)26(18)22-25-14-8-7-13(24)10-16(14)31-22/h1-10,18,28H/t18-/m1/s1. The number of nitrogens with zero attached hydrogens (tertiary/aromatic N) is 2. The number of aliphatic hydroxyl groups excluding tert-OH is 1. The van der Waals surface area contributed by atoms with Crippen LogP contribution in [0.5, 0.6) is 0 Å². The Morgan fingerprint density at radius 3 is 2.68 bits per heavy atom. The summed E-state index contributed by atoms with van der Waals surface area (Å²) in [5.41, 5.74) is 1.00. The summed E-state index contributed by atoms with van der Waals surface area (Å²) >= 11 is 4.47. The van der Waals surface area contributed by atoms with E-state index in [4.69, 9.17) is 4.42 Å². The predicted molar refractivity (Wildman–Crippen MR) is 117 cm³/mol. The molecule has 1 N–H and O–H groups in total. The monoisotopic (exact) mass is 498 g/mol. The van der Waals surface area contributed by atoms with Crippen LogP contribution in [0.2, 0.25) is 0 Å². The number of Topliss-reactive ketones (excluding diaryl/α,β-unsaturated/α-hetero) is 1. The molecule has 1 aliphatic rings. The third-order valence-electron chi connectivity index (χ3n) is 4.93. The number of benzene rings is 2. The second-order valence-corrected chi connectivity index (χ2v) is 8.73. The minimum atomic E-state index is -0.927. The summed E-state index contributed by atoms with van der Waals surface area (Å²) in [6, 6.07) is 13.3. The first-order chi connectivity index (χ1) is 14.9. The van der Waals surface area contributed by atoms with Gasteiger partial charge in [0.25, 0.3) is 5.91 Å². The number of hydrogen-bond acceptors (Lipinski definition) is 6. The molecule has 2 aromatic carbocycles. The third-order valence-corrected chi connectivity index (χ3v) is 6.47. The Balaban J connectivity index is 1.68. The minimum Gasteiger partial charge on any atom is -0.503 e. The number of anilines is 1. The summed E-state index contributed by atoms with van der Waals surface area (Å²) in [5, 5.41) is 10.9. The van der Waals surface area contributed by atoms with Crippen molar-refractivity contribution in [3.63, 3.8) is 0 Å². The fourth-order valence-corrected chi connectivity index (χ4v) is 4.81. The van der Waals surface area contributed by atoms with E-state index in [9.17, 15) is 19.1 Å². The summed E-state index contributed by atoms with van der Waals surface area (Å²) in [6.07, 6.45) is 1.34. The Morgan fingerprint density at radius 2 is 1.97 bits per heavy atom. The molecule has 0 saturated heterocycles. The highest BCUT2D eigenvalue weighted by Crippen LogP contribution is 2.44. The van der Waals surface area contributed by atoms with E-state index in [1.54, 1.807) is 30.3 Å². The van der Waals surface area contributed by atoms with Gasteiger partial charge in [-0.3, -0.25) is 14.5 Å². The maximum Gasteiger partial charge on any atom is 0.296 e. The number of rotatable bonds is 4. The topological polar surface area (TPSA) is 83.6 Å². The molecule has 5 rings (SSSR count). The van der Waals surface area contributed by atoms with Crippen LogP contribution in [0, 0.1) is 5.82 Å². The lowest BCUT2D eigenvalue weighted by Crippen LogP contribution is -2.30. The van der Waals surface area contributed by atoms with E-state index in [0.717, 1.165) is 15.8 Å². The zero-order chi connectivity index (χ0) is 21.7. The van der Waals surface area contributed by atoms with Crippen LogP contribution in [0.4, 0.5) is 9.52 Å². The lowest BCUT2D eigenvalue weighted by atomic mass is 9.95. The van der Waals surface area contributed by atoms with Crippen molar-refractivity contribution in [1.29, 1.82) is 0 Å². The fourth-order valence-electron chi connectivity index (χ4n) is 3.52. The second kappa shape index (κ2) is 7.44. The normalized spacial score (nSPS) is 16.5. The van der Waals surface area contributed by atoms with Crippen LogP contribution in [-0.4, -0.2) is 21.8 Å². The zero-order valence-electron chi connectivity index (χ0n) is 15.6. The van der Waals surface area contributed by atoms with Crippen molar-refractivity contribution in [2.24, 2.45) is 0 Å². The highest BCUT2D eigenvalue weighted by molar-refractivity contribution is 9.10. The number of amides is 1. The van der Waals surface area contributed by atoms with Crippen LogP contribution in [0.25, 0.3) is 10.2 Å². The highest BCUT2D eigenvalue weighted by Gasteiger charge is 2.46. The van der Waals surface area contributed by atoms with E-state index in [1.807, 2.05) is 0 Å². The first kappa shape index (κ1) is 19.7. The molecular weight excluding hydrogens is 487 g/mol. The van der Waals surface area contributed by atoms with E-state index >= 15 is 0 Å². The van der Waals surface area contributed by atoms with Crippen LogP contribution < -0.4 is 4.90 Å². The van der Waals surface area contributed by atoms with E-state index in [1.165, 1.54) is 35.4 Å². The summed E-state index contributed by atoms with van der Waals surface area (Å²) in [4.78, 5) is 32.0. The molecule has 154 valence electrons. The quantitative estimate of drug-likeness (QED) is 0.371. The van der Waals surface area contributed by atoms with Gasteiger partial charge in [-0.1, -0.05) is 39.4 Å². The highest BCUT2D eigenvalue weighted by atomic mass is 79.9. The van der Waals surface area contributed by atoms with Crippen LogP contribution >= 0.6 is 27.3 Å². The Bertz CT molecular complexity index is 1360. The van der Waals surface area contributed by atoms with E-state index in [0.29, 0.717) is 15.8 Å². The number of hydrogen-bond donors (Lipinski definition) is 1. The van der Waals surface area contributed by atoms with Gasteiger partial charge in [0.1, 0.15) is 5.82 Å². The smallest absolute Gasteiger partial charge is 0.296 e. The molecule has 0 radical (unpaired) electrons.